The summed E-state index contributed by atoms with van der Waals surface area (Å²) in [6, 6.07) is 18.9. The monoisotopic (exact) mass is 556 g/mol. The second-order valence-electron chi connectivity index (χ2n) is 8.59. The summed E-state index contributed by atoms with van der Waals surface area (Å²) in [4.78, 5) is 0. The third-order valence-corrected chi connectivity index (χ3v) is 22.0. The van der Waals surface area contributed by atoms with Gasteiger partial charge in [0.05, 0.1) is 0 Å². The number of rotatable bonds is 4. The zero-order valence-corrected chi connectivity index (χ0v) is 21.8. The van der Waals surface area contributed by atoms with Crippen molar-refractivity contribution >= 4 is 32.7 Å². The Kier molecular flexibility index (Phi) is 6.41. The van der Waals surface area contributed by atoms with Crippen molar-refractivity contribution in [1.29, 1.82) is 0 Å². The van der Waals surface area contributed by atoms with E-state index in [9.17, 15) is 17.6 Å². The van der Waals surface area contributed by atoms with Gasteiger partial charge in [-0.05, 0) is 0 Å². The Morgan fingerprint density at radius 2 is 0.606 bits per heavy atom. The van der Waals surface area contributed by atoms with Gasteiger partial charge in [0.25, 0.3) is 0 Å². The zero-order chi connectivity index (χ0) is 23.9. The van der Waals surface area contributed by atoms with Crippen molar-refractivity contribution in [3.05, 3.63) is 118 Å². The molecule has 0 aromatic heterocycles. The van der Waals surface area contributed by atoms with Crippen LogP contribution in [0, 0.1) is 51.0 Å². The molecule has 33 heavy (non-hydrogen) atoms. The van der Waals surface area contributed by atoms with Crippen LogP contribution in [0.2, 0.25) is 0 Å². The first-order chi connectivity index (χ1) is 15.6. The van der Waals surface area contributed by atoms with Gasteiger partial charge in [-0.25, -0.2) is 0 Å². The molecular formula is C28H24F4Sn. The second kappa shape index (κ2) is 8.97. The number of aryl methyl sites for hydroxylation is 4. The molecule has 0 bridgehead atoms. The Hall–Kier alpha value is -2.60. The van der Waals surface area contributed by atoms with Gasteiger partial charge in [-0.1, -0.05) is 0 Å². The summed E-state index contributed by atoms with van der Waals surface area (Å²) in [7, 11) is 0. The molecule has 0 radical (unpaired) electrons. The minimum absolute atomic E-state index is 0.348. The van der Waals surface area contributed by atoms with E-state index in [1.54, 1.807) is 24.3 Å². The van der Waals surface area contributed by atoms with Crippen LogP contribution >= 0.6 is 0 Å². The third-order valence-electron chi connectivity index (χ3n) is 6.37. The van der Waals surface area contributed by atoms with Crippen LogP contribution in [0.25, 0.3) is 0 Å². The van der Waals surface area contributed by atoms with Gasteiger partial charge in [-0.3, -0.25) is 0 Å². The maximum absolute atomic E-state index is 14.2. The van der Waals surface area contributed by atoms with Gasteiger partial charge in [-0.2, -0.15) is 0 Å². The molecule has 0 saturated carbocycles. The van der Waals surface area contributed by atoms with Crippen LogP contribution in [-0.2, 0) is 0 Å². The molecule has 0 aliphatic carbocycles. The second-order valence-corrected chi connectivity index (χ2v) is 19.0. The quantitative estimate of drug-likeness (QED) is 0.250. The molecule has 0 fully saturated rings. The summed E-state index contributed by atoms with van der Waals surface area (Å²) in [6.07, 6.45) is 0. The molecule has 0 nitrogen and oxygen atoms in total. The average Bonchev–Trinajstić information content (AvgIpc) is 2.72. The van der Waals surface area contributed by atoms with Crippen molar-refractivity contribution in [2.75, 3.05) is 0 Å². The molecule has 0 atom stereocenters. The molecule has 0 spiro atoms. The molecule has 4 aromatic carbocycles. The predicted molar refractivity (Wildman–Crippen MR) is 129 cm³/mol. The molecule has 0 aliphatic heterocycles. The van der Waals surface area contributed by atoms with E-state index in [1.807, 2.05) is 27.7 Å². The van der Waals surface area contributed by atoms with Crippen molar-refractivity contribution < 1.29 is 17.6 Å². The number of hydrogen-bond acceptors (Lipinski definition) is 0. The summed E-state index contributed by atoms with van der Waals surface area (Å²) in [5, 5.41) is 0. The molecule has 0 N–H and O–H groups in total. The van der Waals surface area contributed by atoms with Gasteiger partial charge in [0.15, 0.2) is 0 Å². The van der Waals surface area contributed by atoms with E-state index < -0.39 is 18.4 Å². The van der Waals surface area contributed by atoms with Gasteiger partial charge in [-0.15, -0.1) is 0 Å². The zero-order valence-electron chi connectivity index (χ0n) is 18.9. The van der Waals surface area contributed by atoms with Crippen molar-refractivity contribution in [3.63, 3.8) is 0 Å². The predicted octanol–water partition coefficient (Wildman–Crippen LogP) is 4.85. The molecule has 0 amide bonds. The Labute approximate surface area is 195 Å². The molecule has 0 aliphatic rings. The number of halogens is 4. The Morgan fingerprint density at radius 1 is 0.394 bits per heavy atom. The van der Waals surface area contributed by atoms with Gasteiger partial charge in [0.2, 0.25) is 0 Å². The molecule has 0 unspecified atom stereocenters. The van der Waals surface area contributed by atoms with Crippen molar-refractivity contribution in [1.82, 2.24) is 0 Å². The molecule has 168 valence electrons. The standard InChI is InChI=1S/4C7H6F.Sn/c4*1-6-3-2-4-7(8)5-6;/h4*2,4-5H,1H3;. The van der Waals surface area contributed by atoms with E-state index in [0.29, 0.717) is 0 Å². The van der Waals surface area contributed by atoms with Crippen molar-refractivity contribution in [2.45, 2.75) is 27.7 Å². The number of benzene rings is 4. The molecular weight excluding hydrogens is 531 g/mol. The molecule has 4 rings (SSSR count). The van der Waals surface area contributed by atoms with E-state index in [-0.39, 0.29) is 23.3 Å². The minimum atomic E-state index is -4.35. The van der Waals surface area contributed by atoms with Crippen LogP contribution in [0.3, 0.4) is 0 Å². The third kappa shape index (κ3) is 4.10. The van der Waals surface area contributed by atoms with E-state index >= 15 is 0 Å². The van der Waals surface area contributed by atoms with E-state index in [1.165, 1.54) is 48.5 Å². The van der Waals surface area contributed by atoms with E-state index in [0.717, 1.165) is 36.6 Å². The van der Waals surface area contributed by atoms with E-state index in [4.69, 9.17) is 0 Å². The Balaban J connectivity index is 2.28. The first-order valence-corrected chi connectivity index (χ1v) is 16.4. The van der Waals surface area contributed by atoms with Crippen molar-refractivity contribution in [3.8, 4) is 0 Å². The topological polar surface area (TPSA) is 0 Å². The van der Waals surface area contributed by atoms with Crippen LogP contribution in [-0.4, -0.2) is 18.4 Å². The van der Waals surface area contributed by atoms with Gasteiger partial charge < -0.3 is 0 Å². The maximum atomic E-state index is 14.2. The van der Waals surface area contributed by atoms with Crippen LogP contribution in [0.1, 0.15) is 22.3 Å². The molecule has 4 aromatic rings. The summed E-state index contributed by atoms with van der Waals surface area (Å²) in [5.74, 6) is -1.39. The van der Waals surface area contributed by atoms with Crippen LogP contribution < -0.4 is 14.3 Å². The fourth-order valence-corrected chi connectivity index (χ4v) is 21.4. The average molecular weight is 555 g/mol. The van der Waals surface area contributed by atoms with Crippen molar-refractivity contribution in [2.24, 2.45) is 0 Å². The fourth-order valence-electron chi connectivity index (χ4n) is 5.06. The van der Waals surface area contributed by atoms with E-state index in [2.05, 4.69) is 0 Å². The molecule has 0 saturated heterocycles. The summed E-state index contributed by atoms with van der Waals surface area (Å²) >= 11 is -4.35. The summed E-state index contributed by atoms with van der Waals surface area (Å²) in [5.41, 5.74) is 3.06. The van der Waals surface area contributed by atoms with Crippen LogP contribution in [0.5, 0.6) is 0 Å². The van der Waals surface area contributed by atoms with Gasteiger partial charge in [0.1, 0.15) is 0 Å². The van der Waals surface area contributed by atoms with Gasteiger partial charge >= 0.3 is 196 Å². The number of hydrogen-bond donors (Lipinski definition) is 0. The molecule has 5 heteroatoms. The summed E-state index contributed by atoms with van der Waals surface area (Å²) < 4.78 is 60.7. The SMILES string of the molecule is Cc1cc(F)cc[c]1[Sn]([c]1ccc(F)cc1C)([c]1ccc(F)cc1C)[c]1ccc(F)cc1C. The molecule has 0 heterocycles. The summed E-state index contributed by atoms with van der Waals surface area (Å²) in [6.45, 7) is 7.45. The Bertz CT molecular complexity index is 1150. The van der Waals surface area contributed by atoms with Gasteiger partial charge in [0, 0.05) is 0 Å². The normalized spacial score (nSPS) is 11.6. The van der Waals surface area contributed by atoms with Crippen LogP contribution in [0.15, 0.2) is 72.8 Å². The van der Waals surface area contributed by atoms with Crippen LogP contribution in [0.4, 0.5) is 17.6 Å². The fraction of sp³-hybridized carbons (Fsp3) is 0.143. The Morgan fingerprint density at radius 3 is 0.788 bits per heavy atom. The first kappa shape index (κ1) is 23.6. The first-order valence-electron chi connectivity index (χ1n) is 10.7.